The molecule has 6 aliphatic rings. The van der Waals surface area contributed by atoms with Gasteiger partial charge in [0.2, 0.25) is 0 Å². The third kappa shape index (κ3) is 2.92. The summed E-state index contributed by atoms with van der Waals surface area (Å²) in [6, 6.07) is 0. The predicted molar refractivity (Wildman–Crippen MR) is 140 cm³/mol. The van der Waals surface area contributed by atoms with Gasteiger partial charge in [-0.3, -0.25) is 9.59 Å². The molecule has 4 heteroatoms. The average Bonchev–Trinajstić information content (AvgIpc) is 3.10. The van der Waals surface area contributed by atoms with Crippen LogP contribution in [0.3, 0.4) is 0 Å². The number of rotatable bonds is 1. The molecule has 2 bridgehead atoms. The molecule has 202 valence electrons. The molecule has 0 aromatic carbocycles. The van der Waals surface area contributed by atoms with Gasteiger partial charge in [0, 0.05) is 18.8 Å². The van der Waals surface area contributed by atoms with Gasteiger partial charge in [-0.25, -0.2) is 0 Å². The number of hydrogen-bond acceptors (Lipinski definition) is 4. The highest BCUT2D eigenvalue weighted by atomic mass is 16.5. The number of ether oxygens (including phenoxy) is 2. The predicted octanol–water partition coefficient (Wildman–Crippen LogP) is 6.99. The summed E-state index contributed by atoms with van der Waals surface area (Å²) >= 11 is 0. The van der Waals surface area contributed by atoms with Crippen LogP contribution in [0, 0.1) is 56.2 Å². The Bertz CT molecular complexity index is 983. The lowest BCUT2D eigenvalue weighted by Crippen LogP contribution is -2.69. The minimum Gasteiger partial charge on any atom is -0.454 e. The fourth-order valence-corrected chi connectivity index (χ4v) is 12.3. The molecule has 0 radical (unpaired) electrons. The number of hydrogen-bond donors (Lipinski definition) is 0. The lowest BCUT2D eigenvalue weighted by atomic mass is 9.31. The summed E-state index contributed by atoms with van der Waals surface area (Å²) in [4.78, 5) is 25.5. The zero-order valence-electron chi connectivity index (χ0n) is 24.2. The van der Waals surface area contributed by atoms with Crippen LogP contribution in [0.2, 0.25) is 0 Å². The van der Waals surface area contributed by atoms with Crippen LogP contribution in [0.25, 0.3) is 0 Å². The summed E-state index contributed by atoms with van der Waals surface area (Å²) in [5.74, 6) is 2.17. The number of ketones is 1. The Labute approximate surface area is 219 Å². The van der Waals surface area contributed by atoms with Gasteiger partial charge in [-0.1, -0.05) is 48.5 Å². The van der Waals surface area contributed by atoms with E-state index in [4.69, 9.17) is 9.47 Å². The summed E-state index contributed by atoms with van der Waals surface area (Å²) < 4.78 is 12.4. The summed E-state index contributed by atoms with van der Waals surface area (Å²) in [5.41, 5.74) is 0.844. The van der Waals surface area contributed by atoms with Crippen LogP contribution in [-0.2, 0) is 19.1 Å². The Morgan fingerprint density at radius 3 is 2.25 bits per heavy atom. The van der Waals surface area contributed by atoms with Crippen molar-refractivity contribution >= 4 is 11.8 Å². The largest absolute Gasteiger partial charge is 0.454 e. The monoisotopic (exact) mass is 498 g/mol. The van der Waals surface area contributed by atoms with Gasteiger partial charge in [0.05, 0.1) is 12.7 Å². The standard InChI is InChI=1S/C32H50O4/c1-19(33)36-25-21(34)17-29(6)22(28(25,4)5)11-12-31(8)23(29)10-9-20-24-26-27(2,3)13-15-32(24,18-35-26)16-14-30(20,31)7/h20,22-26H,9-18H2,1-8H3/t20-,22+,23-,24?,25?,26?,29+,30-,31-,32-/m1/s1. The van der Waals surface area contributed by atoms with Crippen molar-refractivity contribution in [2.45, 2.75) is 125 Å². The summed E-state index contributed by atoms with van der Waals surface area (Å²) in [6.07, 6.45) is 10.5. The summed E-state index contributed by atoms with van der Waals surface area (Å²) in [5, 5.41) is 0. The van der Waals surface area contributed by atoms with Crippen molar-refractivity contribution in [3.05, 3.63) is 0 Å². The summed E-state index contributed by atoms with van der Waals surface area (Å²) in [6.45, 7) is 19.4. The van der Waals surface area contributed by atoms with E-state index in [0.717, 1.165) is 18.9 Å². The maximum atomic E-state index is 13.6. The van der Waals surface area contributed by atoms with E-state index >= 15 is 0 Å². The summed E-state index contributed by atoms with van der Waals surface area (Å²) in [7, 11) is 0. The Hall–Kier alpha value is -0.900. The second-order valence-corrected chi connectivity index (χ2v) is 16.2. The minimum absolute atomic E-state index is 0.0331. The molecule has 1 heterocycles. The normalized spacial score (nSPS) is 54.5. The topological polar surface area (TPSA) is 52.6 Å². The van der Waals surface area contributed by atoms with E-state index in [0.29, 0.717) is 35.7 Å². The Morgan fingerprint density at radius 2 is 1.56 bits per heavy atom. The molecule has 5 aliphatic carbocycles. The van der Waals surface area contributed by atoms with Crippen molar-refractivity contribution in [2.75, 3.05) is 6.61 Å². The first-order valence-corrected chi connectivity index (χ1v) is 14.9. The van der Waals surface area contributed by atoms with E-state index in [2.05, 4.69) is 48.5 Å². The quantitative estimate of drug-likeness (QED) is 0.366. The van der Waals surface area contributed by atoms with Crippen molar-refractivity contribution < 1.29 is 19.1 Å². The molecule has 0 N–H and O–H groups in total. The van der Waals surface area contributed by atoms with Crippen molar-refractivity contribution in [1.82, 2.24) is 0 Å². The van der Waals surface area contributed by atoms with Crippen LogP contribution in [-0.4, -0.2) is 30.6 Å². The van der Waals surface area contributed by atoms with Crippen LogP contribution < -0.4 is 0 Å². The molecular weight excluding hydrogens is 448 g/mol. The Balaban J connectivity index is 1.37. The third-order valence-electron chi connectivity index (χ3n) is 14.1. The van der Waals surface area contributed by atoms with Gasteiger partial charge in [0.25, 0.3) is 0 Å². The first-order valence-electron chi connectivity index (χ1n) is 14.9. The first kappa shape index (κ1) is 25.4. The van der Waals surface area contributed by atoms with Gasteiger partial charge >= 0.3 is 5.97 Å². The molecule has 5 saturated carbocycles. The van der Waals surface area contributed by atoms with Crippen molar-refractivity contribution in [2.24, 2.45) is 56.2 Å². The maximum Gasteiger partial charge on any atom is 0.303 e. The van der Waals surface area contributed by atoms with Gasteiger partial charge < -0.3 is 9.47 Å². The van der Waals surface area contributed by atoms with E-state index in [1.165, 1.54) is 51.9 Å². The van der Waals surface area contributed by atoms with Crippen molar-refractivity contribution in [1.29, 1.82) is 0 Å². The zero-order chi connectivity index (χ0) is 26.1. The fourth-order valence-electron chi connectivity index (χ4n) is 12.3. The SMILES string of the molecule is CC(=O)OC1C(=O)C[C@]2(C)[C@H]3CC[C@@H]4C5C6OC[C@@]5(CCC6(C)C)CC[C@@]4(C)[C@]3(C)CC[C@H]2C1(C)C. The molecule has 0 aromatic heterocycles. The van der Waals surface area contributed by atoms with Crippen LogP contribution in [0.15, 0.2) is 0 Å². The molecule has 36 heavy (non-hydrogen) atoms. The number of esters is 1. The average molecular weight is 499 g/mol. The smallest absolute Gasteiger partial charge is 0.303 e. The lowest BCUT2D eigenvalue weighted by Gasteiger charge is -2.73. The van der Waals surface area contributed by atoms with E-state index in [1.807, 2.05) is 0 Å². The second kappa shape index (κ2) is 7.39. The molecule has 10 atom stereocenters. The number of carbonyl (C=O) groups excluding carboxylic acids is 2. The second-order valence-electron chi connectivity index (χ2n) is 16.2. The van der Waals surface area contributed by atoms with Gasteiger partial charge in [0.1, 0.15) is 0 Å². The molecule has 0 amide bonds. The van der Waals surface area contributed by atoms with Crippen molar-refractivity contribution in [3.63, 3.8) is 0 Å². The van der Waals surface area contributed by atoms with E-state index < -0.39 is 6.10 Å². The molecule has 1 saturated heterocycles. The number of carbonyl (C=O) groups is 2. The molecule has 1 aliphatic heterocycles. The number of fused-ring (bicyclic) bond motifs is 5. The van der Waals surface area contributed by atoms with Crippen LogP contribution in [0.4, 0.5) is 0 Å². The molecule has 6 fully saturated rings. The molecule has 6 rings (SSSR count). The highest BCUT2D eigenvalue weighted by molar-refractivity contribution is 5.87. The van der Waals surface area contributed by atoms with Gasteiger partial charge in [-0.2, -0.15) is 0 Å². The van der Waals surface area contributed by atoms with E-state index in [1.54, 1.807) is 0 Å². The molecule has 0 spiro atoms. The van der Waals surface area contributed by atoms with Gasteiger partial charge in [0.15, 0.2) is 11.9 Å². The lowest BCUT2D eigenvalue weighted by molar-refractivity contribution is -0.249. The van der Waals surface area contributed by atoms with Crippen LogP contribution in [0.5, 0.6) is 0 Å². The van der Waals surface area contributed by atoms with Gasteiger partial charge in [-0.15, -0.1) is 0 Å². The molecule has 3 unspecified atom stereocenters. The van der Waals surface area contributed by atoms with Crippen molar-refractivity contribution in [3.8, 4) is 0 Å². The molecule has 4 nitrogen and oxygen atoms in total. The maximum absolute atomic E-state index is 13.6. The van der Waals surface area contributed by atoms with Gasteiger partial charge in [-0.05, 0) is 102 Å². The van der Waals surface area contributed by atoms with Crippen LogP contribution >= 0.6 is 0 Å². The Kier molecular flexibility index (Phi) is 5.21. The molecule has 0 aromatic rings. The Morgan fingerprint density at radius 1 is 0.861 bits per heavy atom. The van der Waals surface area contributed by atoms with E-state index in [9.17, 15) is 9.59 Å². The third-order valence-corrected chi connectivity index (χ3v) is 14.1. The van der Waals surface area contributed by atoms with E-state index in [-0.39, 0.29) is 38.8 Å². The molecular formula is C32H50O4. The van der Waals surface area contributed by atoms with Crippen LogP contribution in [0.1, 0.15) is 113 Å². The first-order chi connectivity index (χ1) is 16.6. The fraction of sp³-hybridized carbons (Fsp3) is 0.938. The highest BCUT2D eigenvalue weighted by Crippen LogP contribution is 2.77. The zero-order valence-corrected chi connectivity index (χ0v) is 24.2. The highest BCUT2D eigenvalue weighted by Gasteiger charge is 2.73. The minimum atomic E-state index is -0.601. The number of Topliss-reactive ketones (excluding diaryl/α,β-unsaturated/α-hetero) is 1.